The number of hydrogen-bond acceptors (Lipinski definition) is 18. The van der Waals surface area contributed by atoms with Crippen LogP contribution in [0.4, 0.5) is 5.82 Å². The Morgan fingerprint density at radius 1 is 1.04 bits per heavy atom. The minimum atomic E-state index is -5.76. The van der Waals surface area contributed by atoms with Gasteiger partial charge in [-0.05, 0) is 18.4 Å². The first-order valence-corrected chi connectivity index (χ1v) is 19.7. The Bertz CT molecular complexity index is 1910. The predicted octanol–water partition coefficient (Wildman–Crippen LogP) is -1.59. The molecule has 24 nitrogen and oxygen atoms in total. The normalized spacial score (nSPS) is 28.9. The molecule has 0 aliphatic carbocycles. The Morgan fingerprint density at radius 2 is 1.73 bits per heavy atom. The average molecular weight is 801 g/mol. The van der Waals surface area contributed by atoms with Crippen LogP contribution in [0.1, 0.15) is 48.1 Å². The molecule has 0 spiro atoms. The van der Waals surface area contributed by atoms with Crippen molar-refractivity contribution in [1.29, 1.82) is 0 Å². The number of pyridine rings is 1. The number of carbonyl (C=O) groups is 1. The van der Waals surface area contributed by atoms with E-state index in [-0.39, 0.29) is 22.5 Å². The number of imidazole rings is 1. The minimum absolute atomic E-state index is 0.00898. The van der Waals surface area contributed by atoms with Gasteiger partial charge in [-0.15, -0.1) is 0 Å². The summed E-state index contributed by atoms with van der Waals surface area (Å²) < 4.78 is 68.3. The van der Waals surface area contributed by atoms with Gasteiger partial charge in [-0.3, -0.25) is 18.2 Å². The maximum atomic E-state index is 12.6. The van der Waals surface area contributed by atoms with Crippen LogP contribution in [0.5, 0.6) is 0 Å². The average Bonchev–Trinajstić information content (AvgIpc) is 3.71. The Hall–Kier alpha value is -2.86. The highest BCUT2D eigenvalue weighted by atomic mass is 31.3. The van der Waals surface area contributed by atoms with Crippen molar-refractivity contribution < 1.29 is 90.4 Å². The first-order valence-electron chi connectivity index (χ1n) is 15.2. The van der Waals surface area contributed by atoms with Crippen molar-refractivity contribution in [3.05, 3.63) is 42.2 Å². The molecule has 0 aromatic carbocycles. The summed E-state index contributed by atoms with van der Waals surface area (Å²) in [7, 11) is -16.7. The zero-order chi connectivity index (χ0) is 38.2. The number of fused-ring (bicyclic) bond motifs is 1. The van der Waals surface area contributed by atoms with Crippen LogP contribution >= 0.6 is 23.5 Å². The second kappa shape index (κ2) is 15.9. The maximum absolute atomic E-state index is 12.6. The van der Waals surface area contributed by atoms with Gasteiger partial charge < -0.3 is 59.7 Å². The number of rotatable bonds is 16. The van der Waals surface area contributed by atoms with Gasteiger partial charge in [0.15, 0.2) is 36.2 Å². The van der Waals surface area contributed by atoms with E-state index in [0.717, 1.165) is 30.1 Å². The highest BCUT2D eigenvalue weighted by Crippen LogP contribution is 2.58. The second-order valence-corrected chi connectivity index (χ2v) is 15.8. The van der Waals surface area contributed by atoms with Crippen LogP contribution in [-0.2, 0) is 47.5 Å². The highest BCUT2D eigenvalue weighted by Gasteiger charge is 2.51. The first kappa shape index (κ1) is 40.3. The Balaban J connectivity index is 1.21. The Kier molecular flexibility index (Phi) is 12.3. The summed E-state index contributed by atoms with van der Waals surface area (Å²) in [4.78, 5) is 65.0. The monoisotopic (exact) mass is 800 g/mol. The number of aliphatic hydroxyl groups is 3. The van der Waals surface area contributed by atoms with E-state index in [2.05, 4.69) is 28.3 Å². The summed E-state index contributed by atoms with van der Waals surface area (Å²) in [6.45, 7) is -0.220. The van der Waals surface area contributed by atoms with Crippen molar-refractivity contribution in [1.82, 2.24) is 19.5 Å². The fourth-order valence-corrected chi connectivity index (χ4v) is 8.10. The number of aryl methyl sites for hydroxylation is 1. The van der Waals surface area contributed by atoms with E-state index in [1.54, 1.807) is 0 Å². The van der Waals surface area contributed by atoms with Crippen LogP contribution in [-0.4, -0.2) is 110 Å². The standard InChI is InChI=1S/C25H35N6O18P3/c1-2-3-4-12-5-6-30(7-13(12)25(35)36)23-19(34)17(32)14(46-23)8-44-51(40,41)49-52(42,43)45-9-15-18(33)20(48-50(37,38)39)24(47-15)31-11-29-16-21(26)27-10-28-22(16)31/h5-7,10-11,14-15,17-20,23-24,32-34H,2-4,8-9H2,1H3,(H6-,26,27,28,35,36,37,38,39,40,41,42,43)/t14-,15-,17-,18-,19-,20-,23-,24-/m1/s1. The molecule has 2 unspecified atom stereocenters. The fourth-order valence-electron chi connectivity index (χ4n) is 5.50. The number of aromatic nitrogens is 5. The quantitative estimate of drug-likeness (QED) is 0.0598. The molecule has 10 atom stereocenters. The molecule has 0 saturated carbocycles. The number of phosphoric acid groups is 3. The third kappa shape index (κ3) is 9.25. The number of anilines is 1. The van der Waals surface area contributed by atoms with Crippen LogP contribution in [0.2, 0.25) is 0 Å². The van der Waals surface area contributed by atoms with Gasteiger partial charge in [0, 0.05) is 6.07 Å². The van der Waals surface area contributed by atoms with Gasteiger partial charge in [0.25, 0.3) is 14.1 Å². The number of nitrogen functional groups attached to an aromatic ring is 1. The molecule has 52 heavy (non-hydrogen) atoms. The second-order valence-electron chi connectivity index (χ2n) is 11.6. The lowest BCUT2D eigenvalue weighted by atomic mass is 10.0. The predicted molar refractivity (Wildman–Crippen MR) is 165 cm³/mol. The molecule has 2 aliphatic heterocycles. The van der Waals surface area contributed by atoms with E-state index < -0.39 is 91.7 Å². The lowest BCUT2D eigenvalue weighted by Crippen LogP contribution is -2.46. The molecule has 0 bridgehead atoms. The first-order chi connectivity index (χ1) is 24.3. The summed E-state index contributed by atoms with van der Waals surface area (Å²) in [5.74, 6) is -1.31. The zero-order valence-corrected chi connectivity index (χ0v) is 29.5. The number of carboxylic acids is 1. The molecule has 27 heteroatoms. The van der Waals surface area contributed by atoms with Gasteiger partial charge in [-0.2, -0.15) is 4.57 Å². The SMILES string of the molecule is CCCCc1cc[n+]([C@@H]2O[C@H](COP(=O)([O-])OP(=O)(O)OC[C@H]3O[C@@H](n4cnc5c(N)ncnc54)[C@H](OP(=O)(O)O)[C@@H]3O)[C@@H](O)[C@H]2O)cc1C(=O)O. The molecule has 3 aromatic rings. The van der Waals surface area contributed by atoms with Gasteiger partial charge >= 0.3 is 21.6 Å². The van der Waals surface area contributed by atoms with Gasteiger partial charge in [-0.25, -0.2) is 33.2 Å². The van der Waals surface area contributed by atoms with E-state index in [4.69, 9.17) is 19.7 Å². The van der Waals surface area contributed by atoms with Crippen molar-refractivity contribution in [3.63, 3.8) is 0 Å². The summed E-state index contributed by atoms with van der Waals surface area (Å²) in [5.41, 5.74) is 6.25. The van der Waals surface area contributed by atoms with Gasteiger partial charge in [0.1, 0.15) is 47.9 Å². The molecule has 0 radical (unpaired) electrons. The molecule has 2 aliphatic rings. The number of ether oxygens (including phenoxy) is 2. The molecular weight excluding hydrogens is 765 g/mol. The maximum Gasteiger partial charge on any atom is 0.478 e. The molecular formula is C25H35N6O18P3. The van der Waals surface area contributed by atoms with E-state index >= 15 is 0 Å². The summed E-state index contributed by atoms with van der Waals surface area (Å²) in [5, 5.41) is 41.5. The zero-order valence-electron chi connectivity index (χ0n) is 26.8. The lowest BCUT2D eigenvalue weighted by molar-refractivity contribution is -0.765. The smallest absolute Gasteiger partial charge is 0.478 e. The number of phosphoric ester groups is 3. The van der Waals surface area contributed by atoms with E-state index in [0.29, 0.717) is 12.0 Å². The molecule has 3 aromatic heterocycles. The molecule has 2 fully saturated rings. The Labute approximate surface area is 292 Å². The van der Waals surface area contributed by atoms with Gasteiger partial charge in [-0.1, -0.05) is 13.3 Å². The summed E-state index contributed by atoms with van der Waals surface area (Å²) in [6.07, 6.45) is -6.79. The van der Waals surface area contributed by atoms with Crippen LogP contribution < -0.4 is 15.2 Å². The van der Waals surface area contributed by atoms with Crippen LogP contribution in [0, 0.1) is 0 Å². The number of unbranched alkanes of at least 4 members (excludes halogenated alkanes) is 1. The third-order valence-corrected chi connectivity index (χ3v) is 11.1. The number of nitrogens with zero attached hydrogens (tertiary/aromatic N) is 5. The number of carboxylic acid groups (broad SMARTS) is 1. The van der Waals surface area contributed by atoms with Crippen molar-refractivity contribution in [3.8, 4) is 0 Å². The topological polar surface area (TPSA) is 362 Å². The van der Waals surface area contributed by atoms with E-state index in [9.17, 15) is 58.5 Å². The van der Waals surface area contributed by atoms with Gasteiger partial charge in [0.2, 0.25) is 0 Å². The van der Waals surface area contributed by atoms with Crippen LogP contribution in [0.25, 0.3) is 11.2 Å². The molecule has 0 amide bonds. The van der Waals surface area contributed by atoms with E-state index in [1.807, 2.05) is 6.92 Å². The largest absolute Gasteiger partial charge is 0.756 e. The molecule has 5 heterocycles. The number of aromatic carboxylic acids is 1. The number of aliphatic hydroxyl groups excluding tert-OH is 3. The highest BCUT2D eigenvalue weighted by molar-refractivity contribution is 7.60. The summed E-state index contributed by atoms with van der Waals surface area (Å²) in [6, 6.07) is 1.51. The van der Waals surface area contributed by atoms with E-state index in [1.165, 1.54) is 23.0 Å². The van der Waals surface area contributed by atoms with Crippen molar-refractivity contribution >= 4 is 46.4 Å². The molecule has 2 saturated heterocycles. The molecule has 9 N–H and O–H groups in total. The number of hydrogen-bond donors (Lipinski definition) is 8. The molecule has 288 valence electrons. The fraction of sp³-hybridized carbons (Fsp3) is 0.560. The van der Waals surface area contributed by atoms with Crippen molar-refractivity contribution in [2.75, 3.05) is 18.9 Å². The van der Waals surface area contributed by atoms with Crippen molar-refractivity contribution in [2.45, 2.75) is 75.3 Å². The number of nitrogens with two attached hydrogens (primary N) is 1. The van der Waals surface area contributed by atoms with Crippen molar-refractivity contribution in [2.24, 2.45) is 0 Å². The van der Waals surface area contributed by atoms with Gasteiger partial charge in [0.05, 0.1) is 19.5 Å². The third-order valence-electron chi connectivity index (χ3n) is 7.97. The van der Waals surface area contributed by atoms with Crippen LogP contribution in [0.15, 0.2) is 31.1 Å². The van der Waals surface area contributed by atoms with Crippen LogP contribution in [0.3, 0.4) is 0 Å². The Morgan fingerprint density at radius 3 is 2.40 bits per heavy atom. The lowest BCUT2D eigenvalue weighted by Gasteiger charge is -2.26. The molecule has 5 rings (SSSR count). The minimum Gasteiger partial charge on any atom is -0.756 e. The summed E-state index contributed by atoms with van der Waals surface area (Å²) >= 11 is 0.